The van der Waals surface area contributed by atoms with Gasteiger partial charge in [-0.05, 0) is 31.2 Å². The van der Waals surface area contributed by atoms with Crippen LogP contribution in [0.3, 0.4) is 0 Å². The van der Waals surface area contributed by atoms with Gasteiger partial charge < -0.3 is 0 Å². The van der Waals surface area contributed by atoms with Gasteiger partial charge in [0.15, 0.2) is 5.78 Å². The molecule has 2 nitrogen and oxygen atoms in total. The van der Waals surface area contributed by atoms with E-state index in [4.69, 9.17) is 0 Å². The maximum atomic E-state index is 12.3. The lowest BCUT2D eigenvalue weighted by Crippen LogP contribution is -2.46. The molecule has 0 saturated heterocycles. The third-order valence-electron chi connectivity index (χ3n) is 3.86. The van der Waals surface area contributed by atoms with Gasteiger partial charge in [-0.25, -0.2) is 0 Å². The second-order valence-corrected chi connectivity index (χ2v) is 5.10. The SMILES string of the molecule is CC(=O)[C@]1(c2ccccc2)C[C@H](C)CCC1=O. The maximum Gasteiger partial charge on any atom is 0.150 e. The monoisotopic (exact) mass is 230 g/mol. The van der Waals surface area contributed by atoms with Crippen LogP contribution in [0, 0.1) is 5.92 Å². The molecule has 1 aromatic rings. The van der Waals surface area contributed by atoms with Crippen molar-refractivity contribution in [3.05, 3.63) is 35.9 Å². The highest BCUT2D eigenvalue weighted by atomic mass is 16.2. The fraction of sp³-hybridized carbons (Fsp3) is 0.467. The fourth-order valence-electron chi connectivity index (χ4n) is 2.87. The normalized spacial score (nSPS) is 29.1. The summed E-state index contributed by atoms with van der Waals surface area (Å²) < 4.78 is 0. The summed E-state index contributed by atoms with van der Waals surface area (Å²) in [5.74, 6) is 0.506. The standard InChI is InChI=1S/C15H18O2/c1-11-8-9-14(17)15(10-11,12(2)16)13-6-4-3-5-7-13/h3-7,11H,8-10H2,1-2H3/t11-,15+/m1/s1. The summed E-state index contributed by atoms with van der Waals surface area (Å²) in [6, 6.07) is 9.50. The summed E-state index contributed by atoms with van der Waals surface area (Å²) in [6.45, 7) is 3.66. The molecule has 0 heterocycles. The summed E-state index contributed by atoms with van der Waals surface area (Å²) >= 11 is 0. The molecule has 1 aliphatic rings. The van der Waals surface area contributed by atoms with Gasteiger partial charge in [0.05, 0.1) is 0 Å². The minimum absolute atomic E-state index is 0.0137. The molecule has 2 rings (SSSR count). The summed E-state index contributed by atoms with van der Waals surface area (Å²) in [5, 5.41) is 0. The van der Waals surface area contributed by atoms with Crippen LogP contribution in [0.25, 0.3) is 0 Å². The van der Waals surface area contributed by atoms with Crippen LogP contribution in [0.1, 0.15) is 38.7 Å². The summed E-state index contributed by atoms with van der Waals surface area (Å²) in [7, 11) is 0. The first-order chi connectivity index (χ1) is 8.07. The van der Waals surface area contributed by atoms with Crippen molar-refractivity contribution < 1.29 is 9.59 Å². The quantitative estimate of drug-likeness (QED) is 0.732. The van der Waals surface area contributed by atoms with E-state index in [1.807, 2.05) is 30.3 Å². The van der Waals surface area contributed by atoms with Crippen LogP contribution in [-0.2, 0) is 15.0 Å². The lowest BCUT2D eigenvalue weighted by Gasteiger charge is -2.37. The smallest absolute Gasteiger partial charge is 0.150 e. The Labute approximate surface area is 102 Å². The molecule has 0 N–H and O–H groups in total. The molecule has 1 aliphatic carbocycles. The van der Waals surface area contributed by atoms with E-state index in [0.717, 1.165) is 12.0 Å². The van der Waals surface area contributed by atoms with E-state index in [-0.39, 0.29) is 11.6 Å². The summed E-state index contributed by atoms with van der Waals surface area (Å²) in [6.07, 6.45) is 2.08. The van der Waals surface area contributed by atoms with E-state index >= 15 is 0 Å². The zero-order valence-electron chi connectivity index (χ0n) is 10.4. The van der Waals surface area contributed by atoms with Crippen LogP contribution in [0.5, 0.6) is 0 Å². The number of carbonyl (C=O) groups is 2. The van der Waals surface area contributed by atoms with Gasteiger partial charge in [-0.1, -0.05) is 37.3 Å². The number of Topliss-reactive ketones (excluding diaryl/α,β-unsaturated/α-hetero) is 2. The molecule has 0 radical (unpaired) electrons. The minimum atomic E-state index is -0.876. The van der Waals surface area contributed by atoms with Crippen molar-refractivity contribution in [3.8, 4) is 0 Å². The molecule has 0 amide bonds. The van der Waals surface area contributed by atoms with Crippen LogP contribution in [0.15, 0.2) is 30.3 Å². The highest BCUT2D eigenvalue weighted by molar-refractivity contribution is 6.12. The average molecular weight is 230 g/mol. The molecule has 2 atom stereocenters. The van der Waals surface area contributed by atoms with Crippen molar-refractivity contribution in [1.82, 2.24) is 0 Å². The van der Waals surface area contributed by atoms with Gasteiger partial charge in [0, 0.05) is 6.42 Å². The zero-order chi connectivity index (χ0) is 12.5. The Balaban J connectivity index is 2.52. The van der Waals surface area contributed by atoms with Crippen molar-refractivity contribution in [1.29, 1.82) is 0 Å². The molecule has 1 saturated carbocycles. The zero-order valence-corrected chi connectivity index (χ0v) is 10.4. The van der Waals surface area contributed by atoms with Crippen molar-refractivity contribution in [3.63, 3.8) is 0 Å². The van der Waals surface area contributed by atoms with Crippen molar-refractivity contribution >= 4 is 11.6 Å². The van der Waals surface area contributed by atoms with Crippen LogP contribution in [0.4, 0.5) is 0 Å². The molecule has 17 heavy (non-hydrogen) atoms. The molecular formula is C15H18O2. The van der Waals surface area contributed by atoms with Crippen molar-refractivity contribution in [2.24, 2.45) is 5.92 Å². The Morgan fingerprint density at radius 2 is 1.94 bits per heavy atom. The Morgan fingerprint density at radius 3 is 2.53 bits per heavy atom. The third kappa shape index (κ3) is 1.92. The Bertz CT molecular complexity index is 435. The first kappa shape index (κ1) is 12.0. The van der Waals surface area contributed by atoms with Gasteiger partial charge in [0.1, 0.15) is 11.2 Å². The number of carbonyl (C=O) groups excluding carboxylic acids is 2. The van der Waals surface area contributed by atoms with E-state index in [2.05, 4.69) is 6.92 Å². The molecule has 90 valence electrons. The predicted molar refractivity (Wildman–Crippen MR) is 66.8 cm³/mol. The molecule has 1 aromatic carbocycles. The Kier molecular flexibility index (Phi) is 3.14. The second-order valence-electron chi connectivity index (χ2n) is 5.10. The number of ketones is 2. The topological polar surface area (TPSA) is 34.1 Å². The largest absolute Gasteiger partial charge is 0.299 e. The Hall–Kier alpha value is -1.44. The average Bonchev–Trinajstić information content (AvgIpc) is 2.33. The molecule has 0 aromatic heterocycles. The van der Waals surface area contributed by atoms with Gasteiger partial charge in [0.2, 0.25) is 0 Å². The van der Waals surface area contributed by atoms with Crippen LogP contribution < -0.4 is 0 Å². The van der Waals surface area contributed by atoms with Crippen LogP contribution >= 0.6 is 0 Å². The maximum absolute atomic E-state index is 12.3. The van der Waals surface area contributed by atoms with Gasteiger partial charge in [-0.2, -0.15) is 0 Å². The number of hydrogen-bond acceptors (Lipinski definition) is 2. The molecule has 0 unspecified atom stereocenters. The van der Waals surface area contributed by atoms with E-state index in [1.165, 1.54) is 0 Å². The predicted octanol–water partition coefficient (Wildman–Crippen LogP) is 2.90. The number of rotatable bonds is 2. The molecule has 0 bridgehead atoms. The lowest BCUT2D eigenvalue weighted by atomic mass is 9.63. The molecule has 1 fully saturated rings. The molecule has 2 heteroatoms. The van der Waals surface area contributed by atoms with Gasteiger partial charge in [-0.15, -0.1) is 0 Å². The van der Waals surface area contributed by atoms with Crippen LogP contribution in [0.2, 0.25) is 0 Å². The van der Waals surface area contributed by atoms with E-state index in [1.54, 1.807) is 6.92 Å². The first-order valence-corrected chi connectivity index (χ1v) is 6.17. The number of hydrogen-bond donors (Lipinski definition) is 0. The van der Waals surface area contributed by atoms with Crippen LogP contribution in [-0.4, -0.2) is 11.6 Å². The van der Waals surface area contributed by atoms with Crippen molar-refractivity contribution in [2.45, 2.75) is 38.5 Å². The highest BCUT2D eigenvalue weighted by Gasteiger charge is 2.47. The highest BCUT2D eigenvalue weighted by Crippen LogP contribution is 2.40. The second kappa shape index (κ2) is 4.44. The minimum Gasteiger partial charge on any atom is -0.299 e. The van der Waals surface area contributed by atoms with E-state index < -0.39 is 5.41 Å². The molecule has 0 aliphatic heterocycles. The van der Waals surface area contributed by atoms with Gasteiger partial charge in [0.25, 0.3) is 0 Å². The fourth-order valence-corrected chi connectivity index (χ4v) is 2.87. The Morgan fingerprint density at radius 1 is 1.29 bits per heavy atom. The lowest BCUT2D eigenvalue weighted by molar-refractivity contribution is -0.137. The van der Waals surface area contributed by atoms with Crippen molar-refractivity contribution in [2.75, 3.05) is 0 Å². The van der Waals surface area contributed by atoms with E-state index in [9.17, 15) is 9.59 Å². The number of benzene rings is 1. The molecule has 0 spiro atoms. The first-order valence-electron chi connectivity index (χ1n) is 6.17. The van der Waals surface area contributed by atoms with Gasteiger partial charge in [-0.3, -0.25) is 9.59 Å². The third-order valence-corrected chi connectivity index (χ3v) is 3.86. The summed E-state index contributed by atoms with van der Waals surface area (Å²) in [4.78, 5) is 24.3. The molecular weight excluding hydrogens is 212 g/mol. The summed E-state index contributed by atoms with van der Waals surface area (Å²) in [5.41, 5.74) is -0.0112. The van der Waals surface area contributed by atoms with Gasteiger partial charge >= 0.3 is 0 Å². The van der Waals surface area contributed by atoms with E-state index in [0.29, 0.717) is 18.8 Å².